The van der Waals surface area contributed by atoms with Crippen LogP contribution < -0.4 is 0 Å². The molecular weight excluding hydrogens is 749 g/mol. The average Bonchev–Trinajstić information content (AvgIpc) is 3.74. The molecule has 10 aromatic carbocycles. The van der Waals surface area contributed by atoms with Crippen LogP contribution in [0.2, 0.25) is 0 Å². The summed E-state index contributed by atoms with van der Waals surface area (Å²) in [6.07, 6.45) is 0. The van der Waals surface area contributed by atoms with Crippen LogP contribution in [0.1, 0.15) is 22.6 Å². The van der Waals surface area contributed by atoms with Gasteiger partial charge in [-0.25, -0.2) is 0 Å². The van der Waals surface area contributed by atoms with Crippen LogP contribution >= 0.6 is 0 Å². The van der Waals surface area contributed by atoms with E-state index in [0.717, 1.165) is 38.6 Å². The van der Waals surface area contributed by atoms with Gasteiger partial charge in [0.1, 0.15) is 11.2 Å². The first-order chi connectivity index (χ1) is 30.7. The number of hydrogen-bond donors (Lipinski definition) is 0. The number of furan rings is 1. The molecular formula is C61H42O. The van der Waals surface area contributed by atoms with E-state index in [0.29, 0.717) is 0 Å². The summed E-state index contributed by atoms with van der Waals surface area (Å²) in [5.41, 5.74) is 19.7. The van der Waals surface area contributed by atoms with Gasteiger partial charge in [-0.05, 0) is 102 Å². The van der Waals surface area contributed by atoms with Gasteiger partial charge in [0.2, 0.25) is 0 Å². The number of para-hydroxylation sites is 2. The molecule has 11 rings (SSSR count). The SMILES string of the molecule is c1ccc(-c2cccc(-c3cccc(C(c4cccc(-c5cccc(-c6ccccc6)c5)c4)c4cccc(-c5cccc(-c6cccc7c6oc6ccccc67)c5)c4)c3)c2)cc1. The lowest BCUT2D eigenvalue weighted by atomic mass is 9.82. The standard InChI is InChI=1S/C61H42O/c1-3-16-42(17-4-1)44-20-9-22-46(36-44)49-25-12-29-53(39-49)60(54-30-13-26-50(40-54)47-23-10-21-45(37-47)43-18-5-2-6-19-43)55-31-14-27-51(41-55)48-24-11-28-52(38-48)56-33-15-34-58-57-32-7-8-35-59(57)62-61(56)58/h1-41,60H. The summed E-state index contributed by atoms with van der Waals surface area (Å²) in [6.45, 7) is 0. The monoisotopic (exact) mass is 790 g/mol. The van der Waals surface area contributed by atoms with E-state index in [1.54, 1.807) is 0 Å². The van der Waals surface area contributed by atoms with E-state index in [1.807, 2.05) is 12.1 Å². The van der Waals surface area contributed by atoms with Crippen LogP contribution in [0.15, 0.2) is 253 Å². The Hall–Kier alpha value is -8.00. The molecule has 0 atom stereocenters. The van der Waals surface area contributed by atoms with Crippen molar-refractivity contribution in [1.29, 1.82) is 0 Å². The largest absolute Gasteiger partial charge is 0.455 e. The van der Waals surface area contributed by atoms with Crippen molar-refractivity contribution in [3.05, 3.63) is 265 Å². The van der Waals surface area contributed by atoms with Crippen molar-refractivity contribution in [2.24, 2.45) is 0 Å². The molecule has 0 unspecified atom stereocenters. The van der Waals surface area contributed by atoms with Crippen LogP contribution in [0.3, 0.4) is 0 Å². The predicted molar refractivity (Wildman–Crippen MR) is 260 cm³/mol. The van der Waals surface area contributed by atoms with Gasteiger partial charge in [-0.2, -0.15) is 0 Å². The van der Waals surface area contributed by atoms with Crippen molar-refractivity contribution in [1.82, 2.24) is 0 Å². The van der Waals surface area contributed by atoms with Gasteiger partial charge >= 0.3 is 0 Å². The molecule has 0 amide bonds. The summed E-state index contributed by atoms with van der Waals surface area (Å²) in [4.78, 5) is 0. The second kappa shape index (κ2) is 16.2. The van der Waals surface area contributed by atoms with Crippen LogP contribution in [0.25, 0.3) is 88.7 Å². The Labute approximate surface area is 362 Å². The van der Waals surface area contributed by atoms with Gasteiger partial charge in [-0.15, -0.1) is 0 Å². The van der Waals surface area contributed by atoms with E-state index in [2.05, 4.69) is 237 Å². The molecule has 0 N–H and O–H groups in total. The van der Waals surface area contributed by atoms with Crippen molar-refractivity contribution in [3.8, 4) is 66.8 Å². The molecule has 1 nitrogen and oxygen atoms in total. The number of fused-ring (bicyclic) bond motifs is 3. The highest BCUT2D eigenvalue weighted by Crippen LogP contribution is 2.40. The van der Waals surface area contributed by atoms with E-state index < -0.39 is 0 Å². The van der Waals surface area contributed by atoms with Gasteiger partial charge in [0.15, 0.2) is 0 Å². The Balaban J connectivity index is 1.02. The second-order valence-electron chi connectivity index (χ2n) is 16.1. The van der Waals surface area contributed by atoms with Crippen LogP contribution in [-0.4, -0.2) is 0 Å². The summed E-state index contributed by atoms with van der Waals surface area (Å²) in [6, 6.07) is 90.0. The third-order valence-electron chi connectivity index (χ3n) is 12.2. The molecule has 0 saturated heterocycles. The van der Waals surface area contributed by atoms with E-state index in [-0.39, 0.29) is 5.92 Å². The quantitative estimate of drug-likeness (QED) is 0.133. The summed E-state index contributed by atoms with van der Waals surface area (Å²) < 4.78 is 6.47. The third kappa shape index (κ3) is 7.21. The van der Waals surface area contributed by atoms with Crippen molar-refractivity contribution in [2.75, 3.05) is 0 Å². The molecule has 1 aromatic heterocycles. The topological polar surface area (TPSA) is 13.1 Å². The minimum Gasteiger partial charge on any atom is -0.455 e. The van der Waals surface area contributed by atoms with Gasteiger partial charge in [-0.3, -0.25) is 0 Å². The molecule has 11 aromatic rings. The van der Waals surface area contributed by atoms with Crippen molar-refractivity contribution < 1.29 is 4.42 Å². The lowest BCUT2D eigenvalue weighted by Gasteiger charge is -2.22. The number of hydrogen-bond acceptors (Lipinski definition) is 1. The number of benzene rings is 10. The molecule has 0 aliphatic carbocycles. The second-order valence-corrected chi connectivity index (χ2v) is 16.1. The summed E-state index contributed by atoms with van der Waals surface area (Å²) in [5, 5.41) is 2.27. The fourth-order valence-electron chi connectivity index (χ4n) is 9.13. The maximum Gasteiger partial charge on any atom is 0.143 e. The highest BCUT2D eigenvalue weighted by atomic mass is 16.3. The smallest absolute Gasteiger partial charge is 0.143 e. The van der Waals surface area contributed by atoms with Gasteiger partial charge in [0, 0.05) is 22.3 Å². The van der Waals surface area contributed by atoms with Gasteiger partial charge in [-0.1, -0.05) is 224 Å². The lowest BCUT2D eigenvalue weighted by molar-refractivity contribution is 0.670. The molecule has 1 heteroatoms. The lowest BCUT2D eigenvalue weighted by Crippen LogP contribution is -2.04. The van der Waals surface area contributed by atoms with Crippen molar-refractivity contribution in [2.45, 2.75) is 5.92 Å². The Morgan fingerprint density at radius 3 is 1.08 bits per heavy atom. The van der Waals surface area contributed by atoms with Crippen LogP contribution in [0, 0.1) is 0 Å². The van der Waals surface area contributed by atoms with Gasteiger partial charge < -0.3 is 4.42 Å². The third-order valence-corrected chi connectivity index (χ3v) is 12.2. The number of rotatable bonds is 9. The van der Waals surface area contributed by atoms with E-state index in [1.165, 1.54) is 66.8 Å². The average molecular weight is 791 g/mol. The molecule has 0 radical (unpaired) electrons. The highest BCUT2D eigenvalue weighted by molar-refractivity contribution is 6.09. The first-order valence-corrected chi connectivity index (χ1v) is 21.3. The maximum absolute atomic E-state index is 6.47. The van der Waals surface area contributed by atoms with E-state index >= 15 is 0 Å². The zero-order valence-electron chi connectivity index (χ0n) is 34.2. The Morgan fingerprint density at radius 1 is 0.242 bits per heavy atom. The van der Waals surface area contributed by atoms with Crippen LogP contribution in [-0.2, 0) is 0 Å². The normalized spacial score (nSPS) is 11.4. The van der Waals surface area contributed by atoms with Crippen LogP contribution in [0.5, 0.6) is 0 Å². The van der Waals surface area contributed by atoms with Crippen LogP contribution in [0.4, 0.5) is 0 Å². The molecule has 0 spiro atoms. The Bertz CT molecular complexity index is 3230. The minimum atomic E-state index is -0.0306. The first kappa shape index (κ1) is 37.0. The molecule has 292 valence electrons. The molecule has 0 bridgehead atoms. The van der Waals surface area contributed by atoms with E-state index in [4.69, 9.17) is 4.42 Å². The molecule has 0 saturated carbocycles. The zero-order chi connectivity index (χ0) is 41.2. The molecule has 0 fully saturated rings. The van der Waals surface area contributed by atoms with E-state index in [9.17, 15) is 0 Å². The Morgan fingerprint density at radius 2 is 0.581 bits per heavy atom. The maximum atomic E-state index is 6.47. The van der Waals surface area contributed by atoms with Gasteiger partial charge in [0.25, 0.3) is 0 Å². The fourth-order valence-corrected chi connectivity index (χ4v) is 9.13. The van der Waals surface area contributed by atoms with Gasteiger partial charge in [0.05, 0.1) is 0 Å². The Kier molecular flexibility index (Phi) is 9.69. The highest BCUT2D eigenvalue weighted by Gasteiger charge is 2.20. The summed E-state index contributed by atoms with van der Waals surface area (Å²) >= 11 is 0. The molecule has 62 heavy (non-hydrogen) atoms. The predicted octanol–water partition coefficient (Wildman–Crippen LogP) is 16.8. The van der Waals surface area contributed by atoms with Crippen molar-refractivity contribution >= 4 is 21.9 Å². The fraction of sp³-hybridized carbons (Fsp3) is 0.0164. The first-order valence-electron chi connectivity index (χ1n) is 21.3. The zero-order valence-corrected chi connectivity index (χ0v) is 34.2. The molecule has 1 heterocycles. The molecule has 0 aliphatic heterocycles. The molecule has 0 aliphatic rings. The summed E-state index contributed by atoms with van der Waals surface area (Å²) in [5.74, 6) is -0.0306. The minimum absolute atomic E-state index is 0.0306. The summed E-state index contributed by atoms with van der Waals surface area (Å²) in [7, 11) is 0. The van der Waals surface area contributed by atoms with Crippen molar-refractivity contribution in [3.63, 3.8) is 0 Å².